The van der Waals surface area contributed by atoms with Crippen molar-refractivity contribution in [3.63, 3.8) is 0 Å². The van der Waals surface area contributed by atoms with E-state index in [9.17, 15) is 13.6 Å². The monoisotopic (exact) mass is 337 g/mol. The van der Waals surface area contributed by atoms with Gasteiger partial charge < -0.3 is 15.2 Å². The Morgan fingerprint density at radius 1 is 1.47 bits per heavy atom. The summed E-state index contributed by atoms with van der Waals surface area (Å²) in [6, 6.07) is 5.01. The highest BCUT2D eigenvalue weighted by molar-refractivity contribution is 9.10. The molecule has 0 aliphatic rings. The van der Waals surface area contributed by atoms with E-state index in [0.29, 0.717) is 29.5 Å². The van der Waals surface area contributed by atoms with Crippen LogP contribution in [-0.2, 0) is 11.3 Å². The standard InChI is InChI=1S/C12H14BrF2NO3/c13-9-4-1-3-8(11(9)19-12(14)15)7-16-6-2-5-10(17)18/h1,3-4,12,16H,2,5-7H2,(H,17,18). The van der Waals surface area contributed by atoms with Gasteiger partial charge in [0.2, 0.25) is 0 Å². The van der Waals surface area contributed by atoms with E-state index in [1.54, 1.807) is 18.2 Å². The fraction of sp³-hybridized carbons (Fsp3) is 0.417. The van der Waals surface area contributed by atoms with E-state index in [4.69, 9.17) is 5.11 Å². The molecule has 0 radical (unpaired) electrons. The van der Waals surface area contributed by atoms with Gasteiger partial charge in [0.15, 0.2) is 0 Å². The largest absolute Gasteiger partial charge is 0.481 e. The molecule has 4 nitrogen and oxygen atoms in total. The van der Waals surface area contributed by atoms with Crippen LogP contribution in [0.4, 0.5) is 8.78 Å². The van der Waals surface area contributed by atoms with Gasteiger partial charge in [0.1, 0.15) is 5.75 Å². The van der Waals surface area contributed by atoms with Gasteiger partial charge in [0, 0.05) is 18.5 Å². The molecule has 0 aliphatic carbocycles. The number of alkyl halides is 2. The van der Waals surface area contributed by atoms with Gasteiger partial charge in [-0.3, -0.25) is 4.79 Å². The van der Waals surface area contributed by atoms with Crippen LogP contribution in [0.2, 0.25) is 0 Å². The van der Waals surface area contributed by atoms with Crippen molar-refractivity contribution in [2.24, 2.45) is 0 Å². The van der Waals surface area contributed by atoms with Gasteiger partial charge in [-0.2, -0.15) is 8.78 Å². The predicted molar refractivity (Wildman–Crippen MR) is 69.4 cm³/mol. The van der Waals surface area contributed by atoms with Gasteiger partial charge >= 0.3 is 12.6 Å². The summed E-state index contributed by atoms with van der Waals surface area (Å²) in [4.78, 5) is 10.3. The number of aliphatic carboxylic acids is 1. The van der Waals surface area contributed by atoms with E-state index in [1.807, 2.05) is 0 Å². The molecule has 0 saturated heterocycles. The molecule has 7 heteroatoms. The zero-order chi connectivity index (χ0) is 14.3. The molecule has 0 amide bonds. The minimum atomic E-state index is -2.88. The second-order valence-corrected chi connectivity index (χ2v) is 4.63. The quantitative estimate of drug-likeness (QED) is 0.716. The summed E-state index contributed by atoms with van der Waals surface area (Å²) in [6.45, 7) is -2.06. The van der Waals surface area contributed by atoms with Gasteiger partial charge in [-0.1, -0.05) is 12.1 Å². The van der Waals surface area contributed by atoms with Crippen molar-refractivity contribution >= 4 is 21.9 Å². The summed E-state index contributed by atoms with van der Waals surface area (Å²) in [5.74, 6) is -0.755. The topological polar surface area (TPSA) is 58.6 Å². The summed E-state index contributed by atoms with van der Waals surface area (Å²) in [5.41, 5.74) is 0.588. The van der Waals surface area contributed by atoms with Gasteiger partial charge in [-0.05, 0) is 35.0 Å². The first-order valence-corrected chi connectivity index (χ1v) is 6.44. The average Bonchev–Trinajstić information content (AvgIpc) is 2.32. The number of nitrogens with one attached hydrogen (secondary N) is 1. The van der Waals surface area contributed by atoms with Crippen molar-refractivity contribution in [2.75, 3.05) is 6.54 Å². The Bertz CT molecular complexity index is 429. The molecule has 0 spiro atoms. The smallest absolute Gasteiger partial charge is 0.387 e. The number of para-hydroxylation sites is 1. The number of ether oxygens (including phenoxy) is 1. The molecule has 19 heavy (non-hydrogen) atoms. The number of carboxylic acid groups (broad SMARTS) is 1. The fourth-order valence-corrected chi connectivity index (χ4v) is 2.00. The van der Waals surface area contributed by atoms with E-state index in [2.05, 4.69) is 26.0 Å². The molecule has 0 heterocycles. The Morgan fingerprint density at radius 2 is 2.21 bits per heavy atom. The molecule has 1 aromatic rings. The van der Waals surface area contributed by atoms with Crippen LogP contribution < -0.4 is 10.1 Å². The first kappa shape index (κ1) is 15.8. The number of carbonyl (C=O) groups is 1. The summed E-state index contributed by atoms with van der Waals surface area (Å²) < 4.78 is 29.5. The van der Waals surface area contributed by atoms with E-state index in [0.717, 1.165) is 0 Å². The lowest BCUT2D eigenvalue weighted by molar-refractivity contribution is -0.137. The van der Waals surface area contributed by atoms with Crippen molar-refractivity contribution in [1.82, 2.24) is 5.32 Å². The summed E-state index contributed by atoms with van der Waals surface area (Å²) >= 11 is 3.15. The highest BCUT2D eigenvalue weighted by Gasteiger charge is 2.12. The molecule has 106 valence electrons. The van der Waals surface area contributed by atoms with Crippen LogP contribution in [0.25, 0.3) is 0 Å². The van der Waals surface area contributed by atoms with Gasteiger partial charge in [-0.15, -0.1) is 0 Å². The molecule has 0 atom stereocenters. The average molecular weight is 338 g/mol. The molecule has 0 aromatic heterocycles. The van der Waals surface area contributed by atoms with Crippen LogP contribution in [0.3, 0.4) is 0 Å². The van der Waals surface area contributed by atoms with Crippen LogP contribution in [0.15, 0.2) is 22.7 Å². The summed E-state index contributed by atoms with van der Waals surface area (Å²) in [7, 11) is 0. The predicted octanol–water partition coefficient (Wildman–Crippen LogP) is 3.00. The number of halogens is 3. The highest BCUT2D eigenvalue weighted by Crippen LogP contribution is 2.30. The molecule has 0 fully saturated rings. The Balaban J connectivity index is 2.52. The minimum Gasteiger partial charge on any atom is -0.481 e. The van der Waals surface area contributed by atoms with Crippen LogP contribution in [0.5, 0.6) is 5.75 Å². The Labute approximate surface area is 117 Å². The normalized spacial score (nSPS) is 10.7. The number of carboxylic acids is 1. The van der Waals surface area contributed by atoms with Gasteiger partial charge in [-0.25, -0.2) is 0 Å². The molecular formula is C12H14BrF2NO3. The highest BCUT2D eigenvalue weighted by atomic mass is 79.9. The maximum Gasteiger partial charge on any atom is 0.387 e. The van der Waals surface area contributed by atoms with Crippen molar-refractivity contribution < 1.29 is 23.4 Å². The third kappa shape index (κ3) is 5.98. The number of benzene rings is 1. The van der Waals surface area contributed by atoms with Crippen molar-refractivity contribution in [2.45, 2.75) is 26.0 Å². The molecule has 0 aliphatic heterocycles. The van der Waals surface area contributed by atoms with Crippen molar-refractivity contribution in [3.05, 3.63) is 28.2 Å². The van der Waals surface area contributed by atoms with Crippen LogP contribution in [0.1, 0.15) is 18.4 Å². The van der Waals surface area contributed by atoms with Crippen molar-refractivity contribution in [1.29, 1.82) is 0 Å². The lowest BCUT2D eigenvalue weighted by Crippen LogP contribution is -2.17. The summed E-state index contributed by atoms with van der Waals surface area (Å²) in [6.07, 6.45) is 0.556. The fourth-order valence-electron chi connectivity index (χ4n) is 1.50. The second kappa shape index (κ2) is 8.06. The number of hydrogen-bond acceptors (Lipinski definition) is 3. The van der Waals surface area contributed by atoms with Crippen molar-refractivity contribution in [3.8, 4) is 5.75 Å². The minimum absolute atomic E-state index is 0.0753. The second-order valence-electron chi connectivity index (χ2n) is 3.78. The first-order valence-electron chi connectivity index (χ1n) is 5.65. The van der Waals surface area contributed by atoms with E-state index in [-0.39, 0.29) is 12.2 Å². The lowest BCUT2D eigenvalue weighted by Gasteiger charge is -2.13. The maximum atomic E-state index is 12.3. The Hall–Kier alpha value is -1.21. The maximum absolute atomic E-state index is 12.3. The first-order chi connectivity index (χ1) is 9.00. The molecule has 1 aromatic carbocycles. The zero-order valence-electron chi connectivity index (χ0n) is 10.0. The molecule has 0 unspecified atom stereocenters. The Kier molecular flexibility index (Phi) is 6.72. The van der Waals surface area contributed by atoms with E-state index in [1.165, 1.54) is 0 Å². The number of hydrogen-bond donors (Lipinski definition) is 2. The molecular weight excluding hydrogens is 324 g/mol. The van der Waals surface area contributed by atoms with Crippen LogP contribution in [-0.4, -0.2) is 24.2 Å². The third-order valence-electron chi connectivity index (χ3n) is 2.32. The molecule has 0 saturated carbocycles. The van der Waals surface area contributed by atoms with Crippen LogP contribution >= 0.6 is 15.9 Å². The number of rotatable bonds is 8. The summed E-state index contributed by atoms with van der Waals surface area (Å²) in [5, 5.41) is 11.5. The van der Waals surface area contributed by atoms with Gasteiger partial charge in [0.05, 0.1) is 4.47 Å². The lowest BCUT2D eigenvalue weighted by atomic mass is 10.2. The van der Waals surface area contributed by atoms with Crippen LogP contribution in [0, 0.1) is 0 Å². The SMILES string of the molecule is O=C(O)CCCNCc1cccc(Br)c1OC(F)F. The van der Waals surface area contributed by atoms with Gasteiger partial charge in [0.25, 0.3) is 0 Å². The molecule has 0 bridgehead atoms. The Morgan fingerprint density at radius 3 is 2.84 bits per heavy atom. The molecule has 2 N–H and O–H groups in total. The molecule has 1 rings (SSSR count). The van der Waals surface area contributed by atoms with E-state index >= 15 is 0 Å². The zero-order valence-corrected chi connectivity index (χ0v) is 11.6. The third-order valence-corrected chi connectivity index (χ3v) is 2.94. The van der Waals surface area contributed by atoms with E-state index < -0.39 is 12.6 Å².